The van der Waals surface area contributed by atoms with Crippen LogP contribution in [-0.2, 0) is 16.0 Å². The van der Waals surface area contributed by atoms with Crippen molar-refractivity contribution in [3.05, 3.63) is 29.3 Å². The van der Waals surface area contributed by atoms with Gasteiger partial charge in [-0.05, 0) is 43.4 Å². The molecule has 1 aromatic carbocycles. The summed E-state index contributed by atoms with van der Waals surface area (Å²) in [4.78, 5) is 24.4. The SMILES string of the molecule is CCc1ccc(C)c(NC(=O)C2CCCN2C(=O)C(F)(F)F)c1. The van der Waals surface area contributed by atoms with Crippen LogP contribution in [0, 0.1) is 6.92 Å². The van der Waals surface area contributed by atoms with E-state index in [0.717, 1.165) is 17.5 Å². The van der Waals surface area contributed by atoms with Crippen molar-refractivity contribution < 1.29 is 22.8 Å². The number of nitrogens with zero attached hydrogens (tertiary/aromatic N) is 1. The maximum absolute atomic E-state index is 12.6. The third-order valence-corrected chi connectivity index (χ3v) is 4.03. The van der Waals surface area contributed by atoms with Crippen LogP contribution in [0.15, 0.2) is 18.2 Å². The van der Waals surface area contributed by atoms with Crippen LogP contribution in [0.4, 0.5) is 18.9 Å². The van der Waals surface area contributed by atoms with Crippen LogP contribution >= 0.6 is 0 Å². The summed E-state index contributed by atoms with van der Waals surface area (Å²) in [6.07, 6.45) is -3.56. The number of likely N-dealkylation sites (tertiary alicyclic amines) is 1. The van der Waals surface area contributed by atoms with Gasteiger partial charge in [-0.2, -0.15) is 13.2 Å². The second-order valence-electron chi connectivity index (χ2n) is 5.65. The number of benzene rings is 1. The summed E-state index contributed by atoms with van der Waals surface area (Å²) >= 11 is 0. The van der Waals surface area contributed by atoms with E-state index in [2.05, 4.69) is 5.32 Å². The van der Waals surface area contributed by atoms with Crippen LogP contribution in [0.1, 0.15) is 30.9 Å². The standard InChI is InChI=1S/C16H19F3N2O2/c1-3-11-7-6-10(2)12(9-11)20-14(22)13-5-4-8-21(13)15(23)16(17,18)19/h6-7,9,13H,3-5,8H2,1-2H3,(H,20,22). The van der Waals surface area contributed by atoms with Crippen molar-refractivity contribution in [2.45, 2.75) is 45.3 Å². The molecule has 126 valence electrons. The molecular weight excluding hydrogens is 309 g/mol. The number of nitrogens with one attached hydrogen (secondary N) is 1. The zero-order chi connectivity index (χ0) is 17.2. The second-order valence-corrected chi connectivity index (χ2v) is 5.65. The zero-order valence-electron chi connectivity index (χ0n) is 13.0. The van der Waals surface area contributed by atoms with E-state index in [1.54, 1.807) is 6.07 Å². The molecule has 2 amide bonds. The third kappa shape index (κ3) is 3.83. The van der Waals surface area contributed by atoms with Crippen LogP contribution in [0.2, 0.25) is 0 Å². The molecule has 1 fully saturated rings. The highest BCUT2D eigenvalue weighted by molar-refractivity contribution is 5.98. The first-order valence-corrected chi connectivity index (χ1v) is 7.52. The van der Waals surface area contributed by atoms with Crippen molar-refractivity contribution in [1.29, 1.82) is 0 Å². The Morgan fingerprint density at radius 3 is 2.65 bits per heavy atom. The number of carbonyl (C=O) groups excluding carboxylic acids is 2. The minimum absolute atomic E-state index is 0.0512. The number of alkyl halides is 3. The number of amides is 2. The molecule has 1 saturated heterocycles. The van der Waals surface area contributed by atoms with Crippen molar-refractivity contribution in [3.63, 3.8) is 0 Å². The van der Waals surface area contributed by atoms with Crippen LogP contribution in [0.3, 0.4) is 0 Å². The quantitative estimate of drug-likeness (QED) is 0.927. The predicted octanol–water partition coefficient (Wildman–Crippen LogP) is 3.05. The Kier molecular flexibility index (Phi) is 4.97. The van der Waals surface area contributed by atoms with Crippen LogP contribution in [0.5, 0.6) is 0 Å². The number of halogens is 3. The molecule has 0 aromatic heterocycles. The van der Waals surface area contributed by atoms with Gasteiger partial charge in [-0.25, -0.2) is 0 Å². The maximum atomic E-state index is 12.6. The highest BCUT2D eigenvalue weighted by atomic mass is 19.4. The molecule has 1 unspecified atom stereocenters. The van der Waals surface area contributed by atoms with E-state index < -0.39 is 24.0 Å². The first kappa shape index (κ1) is 17.3. The molecule has 0 bridgehead atoms. The van der Waals surface area contributed by atoms with E-state index >= 15 is 0 Å². The fraction of sp³-hybridized carbons (Fsp3) is 0.500. The van der Waals surface area contributed by atoms with Crippen molar-refractivity contribution in [2.24, 2.45) is 0 Å². The summed E-state index contributed by atoms with van der Waals surface area (Å²) in [6, 6.07) is 4.51. The first-order chi connectivity index (χ1) is 10.7. The Bertz CT molecular complexity index is 614. The monoisotopic (exact) mass is 328 g/mol. The largest absolute Gasteiger partial charge is 0.471 e. The lowest BCUT2D eigenvalue weighted by atomic mass is 10.1. The van der Waals surface area contributed by atoms with Gasteiger partial charge in [0.15, 0.2) is 0 Å². The number of anilines is 1. The van der Waals surface area contributed by atoms with Crippen molar-refractivity contribution >= 4 is 17.5 Å². The van der Waals surface area contributed by atoms with Gasteiger partial charge in [0.25, 0.3) is 0 Å². The van der Waals surface area contributed by atoms with Gasteiger partial charge in [0.2, 0.25) is 5.91 Å². The molecule has 1 N–H and O–H groups in total. The Labute approximate surface area is 132 Å². The minimum Gasteiger partial charge on any atom is -0.324 e. The molecule has 2 rings (SSSR count). The molecule has 23 heavy (non-hydrogen) atoms. The lowest BCUT2D eigenvalue weighted by Gasteiger charge is -2.25. The fourth-order valence-electron chi connectivity index (χ4n) is 2.68. The molecular formula is C16H19F3N2O2. The number of aryl methyl sites for hydroxylation is 2. The van der Waals surface area contributed by atoms with E-state index in [1.807, 2.05) is 26.0 Å². The molecule has 1 atom stereocenters. The van der Waals surface area contributed by atoms with Gasteiger partial charge in [0.1, 0.15) is 6.04 Å². The van der Waals surface area contributed by atoms with Crippen molar-refractivity contribution in [1.82, 2.24) is 4.90 Å². The molecule has 0 spiro atoms. The molecule has 1 heterocycles. The summed E-state index contributed by atoms with van der Waals surface area (Å²) in [5.41, 5.74) is 2.41. The van der Waals surface area contributed by atoms with Crippen molar-refractivity contribution in [3.8, 4) is 0 Å². The summed E-state index contributed by atoms with van der Waals surface area (Å²) in [7, 11) is 0. The average Bonchev–Trinajstić information content (AvgIpc) is 2.97. The Morgan fingerprint density at radius 1 is 1.35 bits per heavy atom. The highest BCUT2D eigenvalue weighted by Crippen LogP contribution is 2.27. The predicted molar refractivity (Wildman–Crippen MR) is 80.0 cm³/mol. The zero-order valence-corrected chi connectivity index (χ0v) is 13.0. The Balaban J connectivity index is 2.15. The average molecular weight is 328 g/mol. The summed E-state index contributed by atoms with van der Waals surface area (Å²) in [5, 5.41) is 2.66. The first-order valence-electron chi connectivity index (χ1n) is 7.52. The van der Waals surface area contributed by atoms with Crippen molar-refractivity contribution in [2.75, 3.05) is 11.9 Å². The van der Waals surface area contributed by atoms with Gasteiger partial charge >= 0.3 is 12.1 Å². The lowest BCUT2D eigenvalue weighted by molar-refractivity contribution is -0.186. The smallest absolute Gasteiger partial charge is 0.324 e. The minimum atomic E-state index is -4.96. The van der Waals surface area contributed by atoms with Gasteiger partial charge in [-0.15, -0.1) is 0 Å². The van der Waals surface area contributed by atoms with Crippen LogP contribution in [0.25, 0.3) is 0 Å². The number of carbonyl (C=O) groups is 2. The maximum Gasteiger partial charge on any atom is 0.471 e. The Hall–Kier alpha value is -2.05. The van der Waals surface area contributed by atoms with Gasteiger partial charge < -0.3 is 10.2 Å². The van der Waals surface area contributed by atoms with E-state index in [9.17, 15) is 22.8 Å². The number of hydrogen-bond donors (Lipinski definition) is 1. The van der Waals surface area contributed by atoms with Gasteiger partial charge in [0, 0.05) is 12.2 Å². The van der Waals surface area contributed by atoms with E-state index in [4.69, 9.17) is 0 Å². The molecule has 1 aliphatic rings. The normalized spacial score (nSPS) is 18.1. The highest BCUT2D eigenvalue weighted by Gasteiger charge is 2.47. The molecule has 0 radical (unpaired) electrons. The summed E-state index contributed by atoms with van der Waals surface area (Å²) < 4.78 is 37.8. The van der Waals surface area contributed by atoms with Gasteiger partial charge in [0.05, 0.1) is 0 Å². The molecule has 0 aliphatic carbocycles. The molecule has 1 aliphatic heterocycles. The fourth-order valence-corrected chi connectivity index (χ4v) is 2.68. The van der Waals surface area contributed by atoms with Crippen LogP contribution in [-0.4, -0.2) is 35.5 Å². The van der Waals surface area contributed by atoms with Crippen LogP contribution < -0.4 is 5.32 Å². The molecule has 4 nitrogen and oxygen atoms in total. The summed E-state index contributed by atoms with van der Waals surface area (Å²) in [6.45, 7) is 3.73. The molecule has 7 heteroatoms. The molecule has 1 aromatic rings. The number of hydrogen-bond acceptors (Lipinski definition) is 2. The number of rotatable bonds is 3. The van der Waals surface area contributed by atoms with E-state index in [0.29, 0.717) is 17.0 Å². The van der Waals surface area contributed by atoms with E-state index in [-0.39, 0.29) is 13.0 Å². The van der Waals surface area contributed by atoms with Gasteiger partial charge in [-0.1, -0.05) is 19.1 Å². The second kappa shape index (κ2) is 6.60. The Morgan fingerprint density at radius 2 is 2.04 bits per heavy atom. The van der Waals surface area contributed by atoms with E-state index in [1.165, 1.54) is 0 Å². The third-order valence-electron chi connectivity index (χ3n) is 4.03. The van der Waals surface area contributed by atoms with Gasteiger partial charge in [-0.3, -0.25) is 9.59 Å². The topological polar surface area (TPSA) is 49.4 Å². The lowest BCUT2D eigenvalue weighted by Crippen LogP contribution is -2.48. The molecule has 0 saturated carbocycles. The summed E-state index contributed by atoms with van der Waals surface area (Å²) in [5.74, 6) is -2.52.